The maximum Gasteiger partial charge on any atom is 0.266 e. The molecule has 1 heterocycles. The van der Waals surface area contributed by atoms with Crippen LogP contribution in [0.4, 0.5) is 5.69 Å². The largest absolute Gasteiger partial charge is 0.324 e. The number of fused-ring (bicyclic) bond motifs is 1. The maximum atomic E-state index is 13.3. The van der Waals surface area contributed by atoms with Crippen molar-refractivity contribution in [1.29, 1.82) is 0 Å². The maximum absolute atomic E-state index is 13.3. The summed E-state index contributed by atoms with van der Waals surface area (Å²) in [5, 5.41) is 4.35. The SMILES string of the molecule is Cc1ccccc1-n1c(SCC(=O)Nc2cccc(Cl)c2Cl)nc2ccccc2c1=O. The lowest BCUT2D eigenvalue weighted by atomic mass is 10.2. The molecule has 4 aromatic rings. The van der Waals surface area contributed by atoms with Crippen LogP contribution in [0.25, 0.3) is 16.6 Å². The minimum atomic E-state index is -0.284. The van der Waals surface area contributed by atoms with Crippen molar-refractivity contribution in [3.63, 3.8) is 0 Å². The van der Waals surface area contributed by atoms with Crippen LogP contribution in [0.15, 0.2) is 76.7 Å². The fourth-order valence-corrected chi connectivity index (χ4v) is 4.31. The molecule has 0 spiro atoms. The van der Waals surface area contributed by atoms with Gasteiger partial charge in [-0.25, -0.2) is 4.98 Å². The Morgan fingerprint density at radius 1 is 1.03 bits per heavy atom. The number of aryl methyl sites for hydroxylation is 1. The van der Waals surface area contributed by atoms with E-state index in [4.69, 9.17) is 23.2 Å². The summed E-state index contributed by atoms with van der Waals surface area (Å²) in [4.78, 5) is 30.5. The van der Waals surface area contributed by atoms with Crippen LogP contribution in [-0.2, 0) is 4.79 Å². The van der Waals surface area contributed by atoms with Crippen molar-refractivity contribution in [2.75, 3.05) is 11.1 Å². The van der Waals surface area contributed by atoms with Crippen LogP contribution in [0, 0.1) is 6.92 Å². The van der Waals surface area contributed by atoms with Crippen LogP contribution in [0.2, 0.25) is 10.0 Å². The number of carbonyl (C=O) groups is 1. The summed E-state index contributed by atoms with van der Waals surface area (Å²) in [6.45, 7) is 1.93. The predicted molar refractivity (Wildman–Crippen MR) is 128 cm³/mol. The molecule has 0 fully saturated rings. The number of hydrogen-bond donors (Lipinski definition) is 1. The second-order valence-electron chi connectivity index (χ2n) is 6.78. The minimum Gasteiger partial charge on any atom is -0.324 e. The average molecular weight is 470 g/mol. The highest BCUT2D eigenvalue weighted by molar-refractivity contribution is 7.99. The zero-order valence-electron chi connectivity index (χ0n) is 16.4. The molecule has 31 heavy (non-hydrogen) atoms. The first-order chi connectivity index (χ1) is 15.0. The molecule has 0 saturated carbocycles. The lowest BCUT2D eigenvalue weighted by Gasteiger charge is -2.15. The van der Waals surface area contributed by atoms with Crippen LogP contribution in [0.3, 0.4) is 0 Å². The van der Waals surface area contributed by atoms with E-state index in [0.29, 0.717) is 26.8 Å². The van der Waals surface area contributed by atoms with E-state index < -0.39 is 0 Å². The van der Waals surface area contributed by atoms with Crippen LogP contribution >= 0.6 is 35.0 Å². The average Bonchev–Trinajstić information content (AvgIpc) is 2.76. The number of thioether (sulfide) groups is 1. The summed E-state index contributed by atoms with van der Waals surface area (Å²) >= 11 is 13.3. The molecular weight excluding hydrogens is 453 g/mol. The second-order valence-corrected chi connectivity index (χ2v) is 8.50. The molecule has 0 saturated heterocycles. The van der Waals surface area contributed by atoms with Crippen molar-refractivity contribution in [3.8, 4) is 5.69 Å². The van der Waals surface area contributed by atoms with Gasteiger partial charge in [0.05, 0.1) is 38.1 Å². The Balaban J connectivity index is 1.69. The highest BCUT2D eigenvalue weighted by Gasteiger charge is 2.16. The molecular formula is C23H17Cl2N3O2S. The van der Waals surface area contributed by atoms with E-state index in [0.717, 1.165) is 11.3 Å². The predicted octanol–water partition coefficient (Wildman–Crippen LogP) is 5.73. The van der Waals surface area contributed by atoms with Gasteiger partial charge in [-0.15, -0.1) is 0 Å². The fraction of sp³-hybridized carbons (Fsp3) is 0.0870. The van der Waals surface area contributed by atoms with E-state index in [2.05, 4.69) is 10.3 Å². The molecule has 8 heteroatoms. The van der Waals surface area contributed by atoms with Crippen molar-refractivity contribution >= 4 is 57.5 Å². The Morgan fingerprint density at radius 3 is 2.58 bits per heavy atom. The number of hydrogen-bond acceptors (Lipinski definition) is 4. The smallest absolute Gasteiger partial charge is 0.266 e. The standard InChI is InChI=1S/C23H17Cl2N3O2S/c1-14-7-2-5-12-19(14)28-22(30)15-8-3-4-10-17(15)27-23(28)31-13-20(29)26-18-11-6-9-16(24)21(18)25/h2-12H,13H2,1H3,(H,26,29). The number of nitrogens with zero attached hydrogens (tertiary/aromatic N) is 2. The van der Waals surface area contributed by atoms with Crippen molar-refractivity contribution < 1.29 is 4.79 Å². The molecule has 1 N–H and O–H groups in total. The highest BCUT2D eigenvalue weighted by atomic mass is 35.5. The molecule has 0 atom stereocenters. The second kappa shape index (κ2) is 9.14. The first kappa shape index (κ1) is 21.4. The van der Waals surface area contributed by atoms with E-state index in [1.807, 2.05) is 43.3 Å². The van der Waals surface area contributed by atoms with E-state index >= 15 is 0 Å². The molecule has 5 nitrogen and oxygen atoms in total. The van der Waals surface area contributed by atoms with Crippen LogP contribution < -0.4 is 10.9 Å². The quantitative estimate of drug-likeness (QED) is 0.299. The Hall–Kier alpha value is -2.80. The molecule has 4 rings (SSSR count). The topological polar surface area (TPSA) is 64.0 Å². The molecule has 0 aliphatic carbocycles. The fourth-order valence-electron chi connectivity index (χ4n) is 3.15. The Bertz CT molecular complexity index is 1350. The summed E-state index contributed by atoms with van der Waals surface area (Å²) in [6.07, 6.45) is 0. The number of nitrogens with one attached hydrogen (secondary N) is 1. The number of halogens is 2. The molecule has 0 bridgehead atoms. The number of aromatic nitrogens is 2. The van der Waals surface area contributed by atoms with E-state index in [1.54, 1.807) is 34.9 Å². The van der Waals surface area contributed by atoms with Gasteiger partial charge >= 0.3 is 0 Å². The monoisotopic (exact) mass is 469 g/mol. The summed E-state index contributed by atoms with van der Waals surface area (Å²) in [6, 6.07) is 19.8. The van der Waals surface area contributed by atoms with Gasteiger partial charge < -0.3 is 5.32 Å². The van der Waals surface area contributed by atoms with Gasteiger partial charge in [-0.1, -0.05) is 71.4 Å². The first-order valence-corrected chi connectivity index (χ1v) is 11.1. The van der Waals surface area contributed by atoms with Crippen LogP contribution in [-0.4, -0.2) is 21.2 Å². The van der Waals surface area contributed by atoms with Gasteiger partial charge in [-0.3, -0.25) is 14.2 Å². The summed E-state index contributed by atoms with van der Waals surface area (Å²) in [5.41, 5.74) is 2.49. The number of rotatable bonds is 5. The zero-order valence-corrected chi connectivity index (χ0v) is 18.8. The number of benzene rings is 3. The third-order valence-corrected chi connectivity index (χ3v) is 6.42. The molecule has 0 radical (unpaired) electrons. The van der Waals surface area contributed by atoms with E-state index in [1.165, 1.54) is 11.8 Å². The number of para-hydroxylation sites is 2. The zero-order chi connectivity index (χ0) is 22.0. The number of amides is 1. The Morgan fingerprint density at radius 2 is 1.77 bits per heavy atom. The first-order valence-electron chi connectivity index (χ1n) is 9.40. The summed E-state index contributed by atoms with van der Waals surface area (Å²) in [5.74, 6) is -0.243. The van der Waals surface area contributed by atoms with Gasteiger partial charge in [0.1, 0.15) is 0 Å². The van der Waals surface area contributed by atoms with Gasteiger partial charge in [0.2, 0.25) is 5.91 Å². The van der Waals surface area contributed by atoms with E-state index in [9.17, 15) is 9.59 Å². The lowest BCUT2D eigenvalue weighted by Crippen LogP contribution is -2.23. The number of carbonyl (C=O) groups excluding carboxylic acids is 1. The van der Waals surface area contributed by atoms with Crippen LogP contribution in [0.5, 0.6) is 0 Å². The molecule has 1 aromatic heterocycles. The molecule has 0 unspecified atom stereocenters. The number of anilines is 1. The summed E-state index contributed by atoms with van der Waals surface area (Å²) in [7, 11) is 0. The van der Waals surface area contributed by atoms with Crippen LogP contribution in [0.1, 0.15) is 5.56 Å². The Kier molecular flexibility index (Phi) is 6.32. The van der Waals surface area contributed by atoms with Crippen molar-refractivity contribution in [2.45, 2.75) is 12.1 Å². The summed E-state index contributed by atoms with van der Waals surface area (Å²) < 4.78 is 1.56. The minimum absolute atomic E-state index is 0.0412. The molecule has 3 aromatic carbocycles. The van der Waals surface area contributed by atoms with E-state index in [-0.39, 0.29) is 22.2 Å². The Labute approximate surface area is 193 Å². The van der Waals surface area contributed by atoms with Gasteiger partial charge in [0, 0.05) is 0 Å². The third kappa shape index (κ3) is 4.46. The molecule has 1 amide bonds. The lowest BCUT2D eigenvalue weighted by molar-refractivity contribution is -0.113. The third-order valence-electron chi connectivity index (χ3n) is 4.66. The highest BCUT2D eigenvalue weighted by Crippen LogP contribution is 2.30. The van der Waals surface area contributed by atoms with Crippen molar-refractivity contribution in [1.82, 2.24) is 9.55 Å². The van der Waals surface area contributed by atoms with Gasteiger partial charge in [-0.05, 0) is 42.8 Å². The molecule has 156 valence electrons. The molecule has 0 aliphatic heterocycles. The van der Waals surface area contributed by atoms with Gasteiger partial charge in [0.15, 0.2) is 5.16 Å². The normalized spacial score (nSPS) is 10.9. The molecule has 0 aliphatic rings. The van der Waals surface area contributed by atoms with Crippen molar-refractivity contribution in [2.24, 2.45) is 0 Å². The van der Waals surface area contributed by atoms with Crippen molar-refractivity contribution in [3.05, 3.63) is 92.7 Å². The van der Waals surface area contributed by atoms with Gasteiger partial charge in [-0.2, -0.15) is 0 Å². The van der Waals surface area contributed by atoms with Gasteiger partial charge in [0.25, 0.3) is 5.56 Å².